The van der Waals surface area contributed by atoms with Crippen molar-refractivity contribution in [1.82, 2.24) is 5.32 Å². The lowest BCUT2D eigenvalue weighted by Crippen LogP contribution is -2.43. The standard InChI is InChI=1S/C12H18N2O3/c1-12(17,8-15)7-14-11(16)9-5-3-4-6-10(9)13-2/h3-6,13,15,17H,7-8H2,1-2H3,(H,14,16). The van der Waals surface area contributed by atoms with Crippen LogP contribution in [0.1, 0.15) is 17.3 Å². The van der Waals surface area contributed by atoms with Crippen molar-refractivity contribution in [3.8, 4) is 0 Å². The van der Waals surface area contributed by atoms with Gasteiger partial charge in [-0.3, -0.25) is 4.79 Å². The van der Waals surface area contributed by atoms with Crippen LogP contribution < -0.4 is 10.6 Å². The zero-order valence-electron chi connectivity index (χ0n) is 10.0. The van der Waals surface area contributed by atoms with Gasteiger partial charge in [0, 0.05) is 19.3 Å². The maximum atomic E-state index is 11.8. The van der Waals surface area contributed by atoms with Crippen LogP contribution in [0.4, 0.5) is 5.69 Å². The van der Waals surface area contributed by atoms with Crippen molar-refractivity contribution >= 4 is 11.6 Å². The van der Waals surface area contributed by atoms with E-state index in [0.717, 1.165) is 0 Å². The molecule has 0 saturated carbocycles. The Labute approximate surface area is 100 Å². The Balaban J connectivity index is 2.70. The first-order chi connectivity index (χ1) is 8.00. The summed E-state index contributed by atoms with van der Waals surface area (Å²) in [6.07, 6.45) is 0. The monoisotopic (exact) mass is 238 g/mol. The molecule has 17 heavy (non-hydrogen) atoms. The van der Waals surface area contributed by atoms with Crippen LogP contribution in [0.2, 0.25) is 0 Å². The highest BCUT2D eigenvalue weighted by atomic mass is 16.3. The van der Waals surface area contributed by atoms with Crippen molar-refractivity contribution in [3.05, 3.63) is 29.8 Å². The van der Waals surface area contributed by atoms with Crippen molar-refractivity contribution in [2.45, 2.75) is 12.5 Å². The number of nitrogens with one attached hydrogen (secondary N) is 2. The van der Waals surface area contributed by atoms with Crippen LogP contribution >= 0.6 is 0 Å². The van der Waals surface area contributed by atoms with Gasteiger partial charge in [0.25, 0.3) is 5.91 Å². The summed E-state index contributed by atoms with van der Waals surface area (Å²) in [5.41, 5.74) is -0.0815. The minimum absolute atomic E-state index is 0.000379. The number of aliphatic hydroxyl groups is 2. The molecule has 0 aliphatic heterocycles. The molecule has 0 aliphatic rings. The molecular weight excluding hydrogens is 220 g/mol. The SMILES string of the molecule is CNc1ccccc1C(=O)NCC(C)(O)CO. The molecule has 5 heteroatoms. The Morgan fingerprint density at radius 2 is 2.06 bits per heavy atom. The summed E-state index contributed by atoms with van der Waals surface area (Å²) < 4.78 is 0. The molecule has 1 atom stereocenters. The first-order valence-corrected chi connectivity index (χ1v) is 5.38. The van der Waals surface area contributed by atoms with Gasteiger partial charge in [0.15, 0.2) is 0 Å². The predicted octanol–water partition coefficient (Wildman–Crippen LogP) is 0.201. The zero-order chi connectivity index (χ0) is 12.9. The Morgan fingerprint density at radius 1 is 1.41 bits per heavy atom. The molecule has 1 unspecified atom stereocenters. The summed E-state index contributed by atoms with van der Waals surface area (Å²) in [6, 6.07) is 7.07. The minimum atomic E-state index is -1.30. The molecule has 0 radical (unpaired) electrons. The zero-order valence-corrected chi connectivity index (χ0v) is 10.0. The summed E-state index contributed by atoms with van der Waals surface area (Å²) in [5, 5.41) is 23.9. The highest BCUT2D eigenvalue weighted by Crippen LogP contribution is 2.13. The largest absolute Gasteiger partial charge is 0.393 e. The quantitative estimate of drug-likeness (QED) is 0.591. The van der Waals surface area contributed by atoms with E-state index in [-0.39, 0.29) is 12.5 Å². The van der Waals surface area contributed by atoms with E-state index in [1.54, 1.807) is 25.2 Å². The van der Waals surface area contributed by atoms with Crippen molar-refractivity contribution in [2.75, 3.05) is 25.5 Å². The van der Waals surface area contributed by atoms with Crippen molar-refractivity contribution in [1.29, 1.82) is 0 Å². The van der Waals surface area contributed by atoms with Gasteiger partial charge < -0.3 is 20.8 Å². The summed E-state index contributed by atoms with van der Waals surface area (Å²) in [7, 11) is 1.73. The van der Waals surface area contributed by atoms with Gasteiger partial charge in [0.1, 0.15) is 5.60 Å². The lowest BCUT2D eigenvalue weighted by molar-refractivity contribution is 0.00321. The predicted molar refractivity (Wildman–Crippen MR) is 66.0 cm³/mol. The number of amides is 1. The molecule has 1 rings (SSSR count). The average molecular weight is 238 g/mol. The molecule has 0 aromatic heterocycles. The highest BCUT2D eigenvalue weighted by Gasteiger charge is 2.20. The molecule has 0 aliphatic carbocycles. The Kier molecular flexibility index (Phi) is 4.48. The summed E-state index contributed by atoms with van der Waals surface area (Å²) in [5.74, 6) is -0.288. The molecule has 4 N–H and O–H groups in total. The van der Waals surface area contributed by atoms with Crippen LogP contribution in [0.25, 0.3) is 0 Å². The van der Waals surface area contributed by atoms with Crippen LogP contribution in [0.3, 0.4) is 0 Å². The summed E-state index contributed by atoms with van der Waals surface area (Å²) >= 11 is 0. The van der Waals surface area contributed by atoms with Gasteiger partial charge in [-0.25, -0.2) is 0 Å². The smallest absolute Gasteiger partial charge is 0.253 e. The lowest BCUT2D eigenvalue weighted by atomic mass is 10.1. The van der Waals surface area contributed by atoms with Crippen LogP contribution in [-0.4, -0.2) is 41.9 Å². The van der Waals surface area contributed by atoms with E-state index < -0.39 is 12.2 Å². The second-order valence-corrected chi connectivity index (χ2v) is 4.13. The van der Waals surface area contributed by atoms with Crippen LogP contribution in [-0.2, 0) is 0 Å². The minimum Gasteiger partial charge on any atom is -0.393 e. The highest BCUT2D eigenvalue weighted by molar-refractivity contribution is 5.99. The number of hydrogen-bond donors (Lipinski definition) is 4. The fraction of sp³-hybridized carbons (Fsp3) is 0.417. The third-order valence-corrected chi connectivity index (χ3v) is 2.41. The van der Waals surface area contributed by atoms with Gasteiger partial charge in [-0.1, -0.05) is 12.1 Å². The van der Waals surface area contributed by atoms with E-state index in [1.165, 1.54) is 6.92 Å². The molecular formula is C12H18N2O3. The topological polar surface area (TPSA) is 81.6 Å². The molecule has 0 saturated heterocycles. The molecule has 1 aromatic carbocycles. The van der Waals surface area contributed by atoms with Crippen molar-refractivity contribution < 1.29 is 15.0 Å². The number of carbonyl (C=O) groups is 1. The molecule has 0 spiro atoms. The maximum absolute atomic E-state index is 11.8. The average Bonchev–Trinajstić information content (AvgIpc) is 2.36. The van der Waals surface area contributed by atoms with Crippen molar-refractivity contribution in [2.24, 2.45) is 0 Å². The van der Waals surface area contributed by atoms with Gasteiger partial charge in [-0.05, 0) is 19.1 Å². The third kappa shape index (κ3) is 3.72. The number of rotatable bonds is 5. The fourth-order valence-electron chi connectivity index (χ4n) is 1.32. The van der Waals surface area contributed by atoms with Gasteiger partial charge in [-0.2, -0.15) is 0 Å². The van der Waals surface area contributed by atoms with E-state index in [2.05, 4.69) is 10.6 Å². The lowest BCUT2D eigenvalue weighted by Gasteiger charge is -2.21. The van der Waals surface area contributed by atoms with Crippen LogP contribution in [0, 0.1) is 0 Å². The normalized spacial score (nSPS) is 13.9. The fourth-order valence-corrected chi connectivity index (χ4v) is 1.32. The van der Waals surface area contributed by atoms with Crippen molar-refractivity contribution in [3.63, 3.8) is 0 Å². The number of benzene rings is 1. The third-order valence-electron chi connectivity index (χ3n) is 2.41. The molecule has 1 aromatic rings. The van der Waals surface area contributed by atoms with Gasteiger partial charge in [0.2, 0.25) is 0 Å². The Morgan fingerprint density at radius 3 is 2.65 bits per heavy atom. The van der Waals surface area contributed by atoms with Crippen LogP contribution in [0.5, 0.6) is 0 Å². The first kappa shape index (κ1) is 13.5. The maximum Gasteiger partial charge on any atom is 0.253 e. The molecule has 0 heterocycles. The van der Waals surface area contributed by atoms with Gasteiger partial charge in [-0.15, -0.1) is 0 Å². The molecule has 1 amide bonds. The summed E-state index contributed by atoms with van der Waals surface area (Å²) in [6.45, 7) is 1.05. The van der Waals surface area contributed by atoms with Gasteiger partial charge in [0.05, 0.1) is 12.2 Å². The van der Waals surface area contributed by atoms with E-state index in [0.29, 0.717) is 11.3 Å². The Hall–Kier alpha value is -1.59. The van der Waals surface area contributed by atoms with E-state index in [9.17, 15) is 9.90 Å². The van der Waals surface area contributed by atoms with Gasteiger partial charge >= 0.3 is 0 Å². The number of para-hydroxylation sites is 1. The number of anilines is 1. The first-order valence-electron chi connectivity index (χ1n) is 5.38. The van der Waals surface area contributed by atoms with E-state index in [4.69, 9.17) is 5.11 Å². The second-order valence-electron chi connectivity index (χ2n) is 4.13. The van der Waals surface area contributed by atoms with Crippen LogP contribution in [0.15, 0.2) is 24.3 Å². The second kappa shape index (κ2) is 5.65. The van der Waals surface area contributed by atoms with E-state index >= 15 is 0 Å². The number of carbonyl (C=O) groups excluding carboxylic acids is 1. The summed E-state index contributed by atoms with van der Waals surface area (Å²) in [4.78, 5) is 11.8. The number of aliphatic hydroxyl groups excluding tert-OH is 1. The molecule has 0 fully saturated rings. The number of hydrogen-bond acceptors (Lipinski definition) is 4. The molecule has 0 bridgehead atoms. The van der Waals surface area contributed by atoms with E-state index in [1.807, 2.05) is 6.07 Å². The molecule has 5 nitrogen and oxygen atoms in total. The molecule has 94 valence electrons. The Bertz CT molecular complexity index is 391.